The molecule has 146 valence electrons. The van der Waals surface area contributed by atoms with Gasteiger partial charge in [-0.2, -0.15) is 0 Å². The number of carbonyl (C=O) groups excluding carboxylic acids is 2. The number of nitrogens with zero attached hydrogens (tertiary/aromatic N) is 2. The van der Waals surface area contributed by atoms with Crippen LogP contribution in [0.15, 0.2) is 54.6 Å². The summed E-state index contributed by atoms with van der Waals surface area (Å²) in [5.74, 6) is 0.128. The fraction of sp³-hybridized carbons (Fsp3) is 0.300. The number of rotatable bonds is 4. The summed E-state index contributed by atoms with van der Waals surface area (Å²) in [6.07, 6.45) is 0.608. The van der Waals surface area contributed by atoms with Gasteiger partial charge >= 0.3 is 6.09 Å². The maximum absolute atomic E-state index is 12.4. The lowest BCUT2D eigenvalue weighted by molar-refractivity contribution is -0.384. The second kappa shape index (κ2) is 8.08. The minimum atomic E-state index is -0.517. The molecule has 0 aromatic heterocycles. The van der Waals surface area contributed by atoms with Gasteiger partial charge in [-0.1, -0.05) is 30.3 Å². The first kappa shape index (κ1) is 19.3. The molecule has 8 heteroatoms. The number of nitrogens with one attached hydrogen (secondary N) is 1. The molecule has 1 aliphatic rings. The lowest BCUT2D eigenvalue weighted by atomic mass is 9.81. The summed E-state index contributed by atoms with van der Waals surface area (Å²) >= 11 is 0. The van der Waals surface area contributed by atoms with Crippen molar-refractivity contribution in [2.75, 3.05) is 13.1 Å². The molecule has 1 N–H and O–H groups in total. The predicted octanol–water partition coefficient (Wildman–Crippen LogP) is 3.22. The molecule has 0 saturated carbocycles. The Morgan fingerprint density at radius 1 is 1.07 bits per heavy atom. The molecule has 1 fully saturated rings. The molecule has 0 bridgehead atoms. The first-order chi connectivity index (χ1) is 13.4. The Balaban J connectivity index is 1.66. The van der Waals surface area contributed by atoms with Crippen LogP contribution >= 0.6 is 0 Å². The van der Waals surface area contributed by atoms with Gasteiger partial charge in [-0.3, -0.25) is 14.9 Å². The lowest BCUT2D eigenvalue weighted by Gasteiger charge is -2.42. The molecule has 1 saturated heterocycles. The molecule has 8 nitrogen and oxygen atoms in total. The van der Waals surface area contributed by atoms with Gasteiger partial charge in [-0.05, 0) is 30.5 Å². The SMILES string of the molecule is CC(=O)NC1(c2ccccc2)CCN(C(=O)Oc2ccc([N+](=O)[O-])cc2)CC1. The highest BCUT2D eigenvalue weighted by Crippen LogP contribution is 2.33. The summed E-state index contributed by atoms with van der Waals surface area (Å²) in [6, 6.07) is 15.1. The minimum absolute atomic E-state index is 0.0688. The van der Waals surface area contributed by atoms with E-state index in [1.54, 1.807) is 4.90 Å². The number of hydrogen-bond donors (Lipinski definition) is 1. The van der Waals surface area contributed by atoms with E-state index in [9.17, 15) is 19.7 Å². The number of benzene rings is 2. The van der Waals surface area contributed by atoms with E-state index in [0.717, 1.165) is 5.56 Å². The van der Waals surface area contributed by atoms with Crippen molar-refractivity contribution >= 4 is 17.7 Å². The second-order valence-corrected chi connectivity index (χ2v) is 6.74. The number of nitro groups is 1. The Labute approximate surface area is 162 Å². The van der Waals surface area contributed by atoms with Crippen LogP contribution in [0.2, 0.25) is 0 Å². The largest absolute Gasteiger partial charge is 0.415 e. The fourth-order valence-electron chi connectivity index (χ4n) is 3.45. The highest BCUT2D eigenvalue weighted by atomic mass is 16.6. The topological polar surface area (TPSA) is 102 Å². The van der Waals surface area contributed by atoms with E-state index in [0.29, 0.717) is 25.9 Å². The van der Waals surface area contributed by atoms with Crippen LogP contribution in [0.25, 0.3) is 0 Å². The van der Waals surface area contributed by atoms with E-state index in [1.807, 2.05) is 30.3 Å². The number of non-ortho nitro benzene ring substituents is 1. The summed E-state index contributed by atoms with van der Waals surface area (Å²) in [5.41, 5.74) is 0.423. The molecule has 1 aliphatic heterocycles. The summed E-state index contributed by atoms with van der Waals surface area (Å²) in [7, 11) is 0. The Morgan fingerprint density at radius 3 is 2.21 bits per heavy atom. The zero-order valence-electron chi connectivity index (χ0n) is 15.5. The quantitative estimate of drug-likeness (QED) is 0.645. The number of carbonyl (C=O) groups is 2. The third-order valence-electron chi connectivity index (χ3n) is 4.87. The van der Waals surface area contributed by atoms with Crippen molar-refractivity contribution in [2.45, 2.75) is 25.3 Å². The van der Waals surface area contributed by atoms with Crippen molar-refractivity contribution in [1.29, 1.82) is 0 Å². The van der Waals surface area contributed by atoms with Gasteiger partial charge in [0.25, 0.3) is 5.69 Å². The number of piperidine rings is 1. The Kier molecular flexibility index (Phi) is 5.58. The number of amides is 2. The molecule has 1 heterocycles. The van der Waals surface area contributed by atoms with Crippen LogP contribution in [0.5, 0.6) is 5.75 Å². The van der Waals surface area contributed by atoms with E-state index in [2.05, 4.69) is 5.32 Å². The molecule has 0 unspecified atom stereocenters. The van der Waals surface area contributed by atoms with Gasteiger partial charge in [0, 0.05) is 32.1 Å². The third-order valence-corrected chi connectivity index (χ3v) is 4.87. The Hall–Kier alpha value is -3.42. The highest BCUT2D eigenvalue weighted by molar-refractivity contribution is 5.74. The molecule has 0 spiro atoms. The van der Waals surface area contributed by atoms with Crippen LogP contribution in [0.4, 0.5) is 10.5 Å². The van der Waals surface area contributed by atoms with Crippen LogP contribution in [-0.2, 0) is 10.3 Å². The molecule has 2 amide bonds. The maximum atomic E-state index is 12.4. The highest BCUT2D eigenvalue weighted by Gasteiger charge is 2.38. The van der Waals surface area contributed by atoms with Gasteiger partial charge in [0.2, 0.25) is 5.91 Å². The third kappa shape index (κ3) is 4.28. The number of nitro benzene ring substituents is 1. The van der Waals surface area contributed by atoms with E-state index in [1.165, 1.54) is 31.2 Å². The van der Waals surface area contributed by atoms with Crippen LogP contribution in [0, 0.1) is 10.1 Å². The first-order valence-electron chi connectivity index (χ1n) is 8.95. The van der Waals surface area contributed by atoms with E-state index in [4.69, 9.17) is 4.74 Å². The molecular formula is C20H21N3O5. The second-order valence-electron chi connectivity index (χ2n) is 6.74. The molecule has 2 aromatic carbocycles. The summed E-state index contributed by atoms with van der Waals surface area (Å²) in [4.78, 5) is 36.0. The predicted molar refractivity (Wildman–Crippen MR) is 102 cm³/mol. The van der Waals surface area contributed by atoms with Gasteiger partial charge in [0.15, 0.2) is 0 Å². The Morgan fingerprint density at radius 2 is 1.68 bits per heavy atom. The van der Waals surface area contributed by atoms with Gasteiger partial charge in [-0.25, -0.2) is 4.79 Å². The van der Waals surface area contributed by atoms with E-state index >= 15 is 0 Å². The molecule has 0 radical (unpaired) electrons. The molecular weight excluding hydrogens is 362 g/mol. The van der Waals surface area contributed by atoms with Gasteiger partial charge < -0.3 is 15.0 Å². The van der Waals surface area contributed by atoms with Gasteiger partial charge in [0.05, 0.1) is 10.5 Å². The maximum Gasteiger partial charge on any atom is 0.415 e. The minimum Gasteiger partial charge on any atom is -0.410 e. The molecule has 0 aliphatic carbocycles. The van der Waals surface area contributed by atoms with Crippen LogP contribution in [-0.4, -0.2) is 34.9 Å². The molecule has 28 heavy (non-hydrogen) atoms. The van der Waals surface area contributed by atoms with E-state index in [-0.39, 0.29) is 17.3 Å². The number of ether oxygens (including phenoxy) is 1. The van der Waals surface area contributed by atoms with Crippen molar-refractivity contribution in [1.82, 2.24) is 10.2 Å². The average Bonchev–Trinajstić information content (AvgIpc) is 2.69. The molecule has 3 rings (SSSR count). The van der Waals surface area contributed by atoms with Gasteiger partial charge in [0.1, 0.15) is 5.75 Å². The zero-order chi connectivity index (χ0) is 20.1. The first-order valence-corrected chi connectivity index (χ1v) is 8.95. The average molecular weight is 383 g/mol. The number of likely N-dealkylation sites (tertiary alicyclic amines) is 1. The normalized spacial score (nSPS) is 15.5. The summed E-state index contributed by atoms with van der Waals surface area (Å²) in [5, 5.41) is 13.8. The lowest BCUT2D eigenvalue weighted by Crippen LogP contribution is -2.54. The van der Waals surface area contributed by atoms with Crippen molar-refractivity contribution in [3.05, 3.63) is 70.3 Å². The van der Waals surface area contributed by atoms with Crippen molar-refractivity contribution in [3.8, 4) is 5.75 Å². The molecule has 2 aromatic rings. The van der Waals surface area contributed by atoms with Crippen LogP contribution in [0.1, 0.15) is 25.3 Å². The van der Waals surface area contributed by atoms with Crippen molar-refractivity contribution < 1.29 is 19.2 Å². The summed E-state index contributed by atoms with van der Waals surface area (Å²) in [6.45, 7) is 2.32. The van der Waals surface area contributed by atoms with Crippen LogP contribution < -0.4 is 10.1 Å². The fourth-order valence-corrected chi connectivity index (χ4v) is 3.45. The Bertz CT molecular complexity index is 859. The van der Waals surface area contributed by atoms with Crippen LogP contribution in [0.3, 0.4) is 0 Å². The number of hydrogen-bond acceptors (Lipinski definition) is 5. The van der Waals surface area contributed by atoms with E-state index < -0.39 is 16.6 Å². The van der Waals surface area contributed by atoms with Crippen molar-refractivity contribution in [3.63, 3.8) is 0 Å². The zero-order valence-corrected chi connectivity index (χ0v) is 15.5. The van der Waals surface area contributed by atoms with Crippen molar-refractivity contribution in [2.24, 2.45) is 0 Å². The summed E-state index contributed by atoms with van der Waals surface area (Å²) < 4.78 is 5.32. The molecule has 0 atom stereocenters. The monoisotopic (exact) mass is 383 g/mol. The smallest absolute Gasteiger partial charge is 0.410 e. The van der Waals surface area contributed by atoms with Gasteiger partial charge in [-0.15, -0.1) is 0 Å². The standard InChI is InChI=1S/C20H21N3O5/c1-15(24)21-20(16-5-3-2-4-6-16)11-13-22(14-12-20)19(25)28-18-9-7-17(8-10-18)23(26)27/h2-10H,11-14H2,1H3,(H,21,24).